The van der Waals surface area contributed by atoms with Crippen molar-refractivity contribution < 1.29 is 4.79 Å². The standard InChI is InChI=1S/C19H22Cl2N2O/c1-13(2)15-9-7-14(8-10-15)11-23(3)12-18(24)22-19-16(20)5-4-6-17(19)21/h4-10,13H,11-12H2,1-3H3,(H,22,24). The summed E-state index contributed by atoms with van der Waals surface area (Å²) in [6, 6.07) is 13.6. The number of hydrogen-bond donors (Lipinski definition) is 1. The zero-order valence-electron chi connectivity index (χ0n) is 14.1. The first-order valence-corrected chi connectivity index (χ1v) is 8.63. The van der Waals surface area contributed by atoms with Crippen LogP contribution in [0.15, 0.2) is 42.5 Å². The van der Waals surface area contributed by atoms with Gasteiger partial charge in [-0.25, -0.2) is 0 Å². The van der Waals surface area contributed by atoms with Gasteiger partial charge in [0.25, 0.3) is 0 Å². The molecule has 0 aliphatic heterocycles. The molecule has 0 radical (unpaired) electrons. The Morgan fingerprint density at radius 3 is 2.21 bits per heavy atom. The van der Waals surface area contributed by atoms with Gasteiger partial charge in [-0.15, -0.1) is 0 Å². The van der Waals surface area contributed by atoms with E-state index in [1.54, 1.807) is 18.2 Å². The van der Waals surface area contributed by atoms with E-state index in [1.807, 2.05) is 11.9 Å². The zero-order chi connectivity index (χ0) is 17.7. The van der Waals surface area contributed by atoms with Crippen LogP contribution in [0, 0.1) is 0 Å². The van der Waals surface area contributed by atoms with E-state index in [0.29, 0.717) is 28.2 Å². The fourth-order valence-electron chi connectivity index (χ4n) is 2.42. The van der Waals surface area contributed by atoms with Crippen LogP contribution in [0.5, 0.6) is 0 Å². The number of benzene rings is 2. The van der Waals surface area contributed by atoms with Crippen LogP contribution in [-0.4, -0.2) is 24.4 Å². The first-order chi connectivity index (χ1) is 11.4. The average Bonchev–Trinajstić information content (AvgIpc) is 2.51. The van der Waals surface area contributed by atoms with E-state index in [4.69, 9.17) is 23.2 Å². The second kappa shape index (κ2) is 8.52. The quantitative estimate of drug-likeness (QED) is 0.764. The van der Waals surface area contributed by atoms with E-state index in [-0.39, 0.29) is 12.5 Å². The van der Waals surface area contributed by atoms with Gasteiger partial charge in [0.1, 0.15) is 0 Å². The minimum absolute atomic E-state index is 0.147. The third-order valence-electron chi connectivity index (χ3n) is 3.74. The Morgan fingerprint density at radius 1 is 1.08 bits per heavy atom. The van der Waals surface area contributed by atoms with Crippen molar-refractivity contribution in [3.63, 3.8) is 0 Å². The number of nitrogens with zero attached hydrogens (tertiary/aromatic N) is 1. The second-order valence-corrected chi connectivity index (χ2v) is 7.03. The van der Waals surface area contributed by atoms with Crippen molar-refractivity contribution >= 4 is 34.8 Å². The van der Waals surface area contributed by atoms with Gasteiger partial charge >= 0.3 is 0 Å². The molecule has 1 amide bonds. The van der Waals surface area contributed by atoms with Crippen molar-refractivity contribution in [1.82, 2.24) is 4.90 Å². The summed E-state index contributed by atoms with van der Waals surface area (Å²) in [6.07, 6.45) is 0. The predicted octanol–water partition coefficient (Wildman–Crippen LogP) is 5.19. The number of carbonyl (C=O) groups excluding carboxylic acids is 1. The first-order valence-electron chi connectivity index (χ1n) is 7.88. The van der Waals surface area contributed by atoms with Crippen LogP contribution in [0.1, 0.15) is 30.9 Å². The topological polar surface area (TPSA) is 32.3 Å². The summed E-state index contributed by atoms with van der Waals surface area (Å²) in [5.41, 5.74) is 2.94. The highest BCUT2D eigenvalue weighted by atomic mass is 35.5. The van der Waals surface area contributed by atoms with E-state index >= 15 is 0 Å². The maximum absolute atomic E-state index is 12.2. The van der Waals surface area contributed by atoms with Crippen LogP contribution in [0.4, 0.5) is 5.69 Å². The largest absolute Gasteiger partial charge is 0.322 e. The molecule has 0 aliphatic carbocycles. The molecule has 0 saturated carbocycles. The Bertz CT molecular complexity index is 679. The number of anilines is 1. The van der Waals surface area contributed by atoms with Crippen LogP contribution < -0.4 is 5.32 Å². The van der Waals surface area contributed by atoms with Crippen LogP contribution in [0.2, 0.25) is 10.0 Å². The summed E-state index contributed by atoms with van der Waals surface area (Å²) >= 11 is 12.1. The number of amides is 1. The van der Waals surface area contributed by atoms with Gasteiger partial charge < -0.3 is 5.32 Å². The number of rotatable bonds is 6. The van der Waals surface area contributed by atoms with Gasteiger partial charge in [-0.1, -0.05) is 67.4 Å². The minimum atomic E-state index is -0.147. The summed E-state index contributed by atoms with van der Waals surface area (Å²) < 4.78 is 0. The minimum Gasteiger partial charge on any atom is -0.322 e. The molecule has 2 rings (SSSR count). The summed E-state index contributed by atoms with van der Waals surface area (Å²) in [5, 5.41) is 3.64. The smallest absolute Gasteiger partial charge is 0.238 e. The normalized spacial score (nSPS) is 11.1. The summed E-state index contributed by atoms with van der Waals surface area (Å²) in [5.74, 6) is 0.370. The molecule has 0 spiro atoms. The van der Waals surface area contributed by atoms with E-state index in [0.717, 1.165) is 0 Å². The van der Waals surface area contributed by atoms with Crippen LogP contribution >= 0.6 is 23.2 Å². The lowest BCUT2D eigenvalue weighted by Gasteiger charge is -2.17. The number of para-hydroxylation sites is 1. The molecule has 0 saturated heterocycles. The molecule has 0 atom stereocenters. The molecule has 3 nitrogen and oxygen atoms in total. The monoisotopic (exact) mass is 364 g/mol. The van der Waals surface area contributed by atoms with Crippen molar-refractivity contribution in [1.29, 1.82) is 0 Å². The number of carbonyl (C=O) groups is 1. The van der Waals surface area contributed by atoms with Crippen molar-refractivity contribution in [3.8, 4) is 0 Å². The molecule has 0 unspecified atom stereocenters. The van der Waals surface area contributed by atoms with Gasteiger partial charge in [-0.3, -0.25) is 9.69 Å². The average molecular weight is 365 g/mol. The first kappa shape index (κ1) is 18.8. The highest BCUT2D eigenvalue weighted by Gasteiger charge is 2.12. The third-order valence-corrected chi connectivity index (χ3v) is 4.37. The molecule has 128 valence electrons. The lowest BCUT2D eigenvalue weighted by atomic mass is 10.0. The Hall–Kier alpha value is -1.55. The Kier molecular flexibility index (Phi) is 6.67. The van der Waals surface area contributed by atoms with Crippen LogP contribution in [0.25, 0.3) is 0 Å². The molecule has 2 aromatic carbocycles. The number of likely N-dealkylation sites (N-methyl/N-ethyl adjacent to an activating group) is 1. The molecule has 24 heavy (non-hydrogen) atoms. The van der Waals surface area contributed by atoms with E-state index < -0.39 is 0 Å². The maximum Gasteiger partial charge on any atom is 0.238 e. The summed E-state index contributed by atoms with van der Waals surface area (Å²) in [7, 11) is 1.91. The van der Waals surface area contributed by atoms with Gasteiger partial charge in [0.15, 0.2) is 0 Å². The number of nitrogens with one attached hydrogen (secondary N) is 1. The third kappa shape index (κ3) is 5.23. The van der Waals surface area contributed by atoms with E-state index in [9.17, 15) is 4.79 Å². The molecule has 0 heterocycles. The van der Waals surface area contributed by atoms with Gasteiger partial charge in [0.05, 0.1) is 22.3 Å². The Labute approximate surface area is 153 Å². The Morgan fingerprint density at radius 2 is 1.67 bits per heavy atom. The highest BCUT2D eigenvalue weighted by Crippen LogP contribution is 2.29. The van der Waals surface area contributed by atoms with Gasteiger partial charge in [0.2, 0.25) is 5.91 Å². The molecule has 0 aromatic heterocycles. The zero-order valence-corrected chi connectivity index (χ0v) is 15.7. The lowest BCUT2D eigenvalue weighted by molar-refractivity contribution is -0.117. The highest BCUT2D eigenvalue weighted by molar-refractivity contribution is 6.39. The van der Waals surface area contributed by atoms with Crippen molar-refractivity contribution in [2.75, 3.05) is 18.9 Å². The maximum atomic E-state index is 12.2. The molecular weight excluding hydrogens is 343 g/mol. The molecule has 0 bridgehead atoms. The fraction of sp³-hybridized carbons (Fsp3) is 0.316. The fourth-order valence-corrected chi connectivity index (χ4v) is 2.91. The van der Waals surface area contributed by atoms with Crippen molar-refractivity contribution in [2.45, 2.75) is 26.3 Å². The molecule has 0 fully saturated rings. The van der Waals surface area contributed by atoms with Crippen LogP contribution in [-0.2, 0) is 11.3 Å². The van der Waals surface area contributed by atoms with Crippen LogP contribution in [0.3, 0.4) is 0 Å². The molecule has 1 N–H and O–H groups in total. The second-order valence-electron chi connectivity index (χ2n) is 6.21. The number of hydrogen-bond acceptors (Lipinski definition) is 2. The van der Waals surface area contributed by atoms with E-state index in [2.05, 4.69) is 43.4 Å². The number of halogens is 2. The van der Waals surface area contributed by atoms with Gasteiger partial charge in [-0.05, 0) is 36.2 Å². The lowest BCUT2D eigenvalue weighted by Crippen LogP contribution is -2.30. The summed E-state index contributed by atoms with van der Waals surface area (Å²) in [4.78, 5) is 14.1. The molecule has 2 aromatic rings. The van der Waals surface area contributed by atoms with Gasteiger partial charge in [0, 0.05) is 6.54 Å². The summed E-state index contributed by atoms with van der Waals surface area (Å²) in [6.45, 7) is 5.30. The van der Waals surface area contributed by atoms with E-state index in [1.165, 1.54) is 11.1 Å². The molecular formula is C19H22Cl2N2O. The van der Waals surface area contributed by atoms with Gasteiger partial charge in [-0.2, -0.15) is 0 Å². The molecule has 5 heteroatoms. The SMILES string of the molecule is CC(C)c1ccc(CN(C)CC(=O)Nc2c(Cl)cccc2Cl)cc1. The predicted molar refractivity (Wildman–Crippen MR) is 102 cm³/mol. The Balaban J connectivity index is 1.92. The molecule has 0 aliphatic rings. The van der Waals surface area contributed by atoms with Crippen molar-refractivity contribution in [3.05, 3.63) is 63.6 Å². The van der Waals surface area contributed by atoms with Crippen molar-refractivity contribution in [2.24, 2.45) is 0 Å².